The minimum atomic E-state index is -0.00266. The Balaban J connectivity index is 1.23. The smallest absolute Gasteiger partial charge is 0.246 e. The molecule has 6 rings (SSSR count). The Kier molecular flexibility index (Phi) is 5.81. The number of anilines is 1. The molecule has 3 aliphatic carbocycles. The standard InChI is InChI=1S/C32H38N2O2/c1-31-19-17-26-24(25(31)14-15-27(31)30(36)33-23-11-7-4-8-12-23)13-16-28-32(26,2)20-18-29(35)34(28)21-22-9-5-3-6-10-22/h3-12,18,20,24-28H,13-17,19,21H2,1-2H3,(H,33,36)/t24-,25-,26+,27?,28?,31-,32+/m0/s1. The molecule has 0 radical (unpaired) electrons. The van der Waals surface area contributed by atoms with Gasteiger partial charge in [0.05, 0.1) is 0 Å². The highest BCUT2D eigenvalue weighted by Gasteiger charge is 2.61. The van der Waals surface area contributed by atoms with Crippen molar-refractivity contribution in [3.05, 3.63) is 78.4 Å². The van der Waals surface area contributed by atoms with Crippen LogP contribution in [0.2, 0.25) is 0 Å². The van der Waals surface area contributed by atoms with Crippen LogP contribution in [0.5, 0.6) is 0 Å². The second kappa shape index (κ2) is 8.90. The number of rotatable bonds is 4. The number of benzene rings is 2. The van der Waals surface area contributed by atoms with Crippen LogP contribution >= 0.6 is 0 Å². The second-order valence-electron chi connectivity index (χ2n) is 12.2. The third kappa shape index (κ3) is 3.72. The van der Waals surface area contributed by atoms with E-state index < -0.39 is 0 Å². The summed E-state index contributed by atoms with van der Waals surface area (Å²) >= 11 is 0. The van der Waals surface area contributed by atoms with Crippen LogP contribution < -0.4 is 5.32 Å². The van der Waals surface area contributed by atoms with Gasteiger partial charge in [0.15, 0.2) is 0 Å². The van der Waals surface area contributed by atoms with Crippen molar-refractivity contribution in [3.63, 3.8) is 0 Å². The predicted octanol–water partition coefficient (Wildman–Crippen LogP) is 6.45. The monoisotopic (exact) mass is 482 g/mol. The van der Waals surface area contributed by atoms with Gasteiger partial charge in [-0.15, -0.1) is 0 Å². The van der Waals surface area contributed by atoms with Crippen molar-refractivity contribution in [2.45, 2.75) is 65.0 Å². The van der Waals surface area contributed by atoms with Crippen molar-refractivity contribution in [2.75, 3.05) is 5.32 Å². The summed E-state index contributed by atoms with van der Waals surface area (Å²) in [4.78, 5) is 28.6. The largest absolute Gasteiger partial charge is 0.331 e. The fourth-order valence-corrected chi connectivity index (χ4v) is 8.75. The quantitative estimate of drug-likeness (QED) is 0.544. The SMILES string of the molecule is C[C@]12C=CC(=O)N(Cc3ccccc3)C1CC[C@@H]1[C@H]2CC[C@]2(C)C(C(=O)Nc3ccccc3)CC[C@@H]12. The Morgan fingerprint density at radius 2 is 1.64 bits per heavy atom. The summed E-state index contributed by atoms with van der Waals surface area (Å²) in [6, 6.07) is 20.5. The van der Waals surface area contributed by atoms with Gasteiger partial charge >= 0.3 is 0 Å². The van der Waals surface area contributed by atoms with Gasteiger partial charge in [0.1, 0.15) is 0 Å². The Morgan fingerprint density at radius 3 is 2.39 bits per heavy atom. The van der Waals surface area contributed by atoms with E-state index in [4.69, 9.17) is 0 Å². The zero-order valence-corrected chi connectivity index (χ0v) is 21.5. The van der Waals surface area contributed by atoms with E-state index in [-0.39, 0.29) is 34.6 Å². The van der Waals surface area contributed by atoms with Crippen molar-refractivity contribution >= 4 is 17.5 Å². The fourth-order valence-electron chi connectivity index (χ4n) is 8.75. The molecule has 0 spiro atoms. The number of fused-ring (bicyclic) bond motifs is 5. The molecule has 2 unspecified atom stereocenters. The topological polar surface area (TPSA) is 49.4 Å². The van der Waals surface area contributed by atoms with Crippen molar-refractivity contribution < 1.29 is 9.59 Å². The van der Waals surface area contributed by atoms with Gasteiger partial charge < -0.3 is 10.2 Å². The molecule has 4 nitrogen and oxygen atoms in total. The lowest BCUT2D eigenvalue weighted by atomic mass is 9.47. The van der Waals surface area contributed by atoms with E-state index in [0.717, 1.165) is 44.2 Å². The molecule has 4 heteroatoms. The van der Waals surface area contributed by atoms with Crippen molar-refractivity contribution in [1.82, 2.24) is 4.90 Å². The number of hydrogen-bond acceptors (Lipinski definition) is 2. The van der Waals surface area contributed by atoms with Gasteiger partial charge in [-0.1, -0.05) is 68.5 Å². The molecular formula is C32H38N2O2. The molecule has 4 aliphatic rings. The lowest BCUT2D eigenvalue weighted by molar-refractivity contribution is -0.144. The molecule has 7 atom stereocenters. The minimum Gasteiger partial charge on any atom is -0.331 e. The summed E-state index contributed by atoms with van der Waals surface area (Å²) in [5.41, 5.74) is 2.15. The molecule has 2 aromatic rings. The summed E-state index contributed by atoms with van der Waals surface area (Å²) in [7, 11) is 0. The molecule has 0 saturated heterocycles. The van der Waals surface area contributed by atoms with Gasteiger partial charge in [-0.05, 0) is 85.5 Å². The Morgan fingerprint density at radius 1 is 0.917 bits per heavy atom. The van der Waals surface area contributed by atoms with E-state index in [1.165, 1.54) is 5.56 Å². The summed E-state index contributed by atoms with van der Waals surface area (Å²) in [6.07, 6.45) is 10.7. The van der Waals surface area contributed by atoms with Crippen LogP contribution in [-0.2, 0) is 16.1 Å². The molecule has 188 valence electrons. The number of para-hydroxylation sites is 1. The van der Waals surface area contributed by atoms with E-state index >= 15 is 0 Å². The molecule has 0 bridgehead atoms. The molecule has 2 aromatic carbocycles. The van der Waals surface area contributed by atoms with Gasteiger partial charge in [-0.3, -0.25) is 9.59 Å². The molecular weight excluding hydrogens is 444 g/mol. The maximum atomic E-state index is 13.4. The van der Waals surface area contributed by atoms with Crippen molar-refractivity contribution in [2.24, 2.45) is 34.5 Å². The number of carbonyl (C=O) groups excluding carboxylic acids is 2. The molecule has 0 aromatic heterocycles. The van der Waals surface area contributed by atoms with Gasteiger partial charge in [0, 0.05) is 29.6 Å². The highest BCUT2D eigenvalue weighted by Crippen LogP contribution is 2.65. The lowest BCUT2D eigenvalue weighted by Crippen LogP contribution is -2.60. The fraction of sp³-hybridized carbons (Fsp3) is 0.500. The first-order chi connectivity index (χ1) is 17.4. The van der Waals surface area contributed by atoms with Gasteiger partial charge in [0.25, 0.3) is 0 Å². The Hall–Kier alpha value is -2.88. The highest BCUT2D eigenvalue weighted by molar-refractivity contribution is 5.93. The molecule has 2 amide bonds. The van der Waals surface area contributed by atoms with E-state index in [1.807, 2.05) is 42.5 Å². The predicted molar refractivity (Wildman–Crippen MR) is 143 cm³/mol. The zero-order valence-electron chi connectivity index (χ0n) is 21.5. The number of hydrogen-bond donors (Lipinski definition) is 1. The summed E-state index contributed by atoms with van der Waals surface area (Å²) in [6.45, 7) is 5.49. The Bertz CT molecular complexity index is 1160. The van der Waals surface area contributed by atoms with E-state index in [1.54, 1.807) is 0 Å². The van der Waals surface area contributed by atoms with Gasteiger partial charge in [-0.2, -0.15) is 0 Å². The van der Waals surface area contributed by atoms with Crippen LogP contribution in [0, 0.1) is 34.5 Å². The lowest BCUT2D eigenvalue weighted by Gasteiger charge is -2.60. The first-order valence-corrected chi connectivity index (χ1v) is 13.8. The van der Waals surface area contributed by atoms with Crippen LogP contribution in [0.25, 0.3) is 0 Å². The van der Waals surface area contributed by atoms with Crippen LogP contribution in [-0.4, -0.2) is 22.8 Å². The average molecular weight is 483 g/mol. The third-order valence-corrected chi connectivity index (χ3v) is 10.5. The van der Waals surface area contributed by atoms with Gasteiger partial charge in [-0.25, -0.2) is 0 Å². The first-order valence-electron chi connectivity index (χ1n) is 13.8. The average Bonchev–Trinajstić information content (AvgIpc) is 3.25. The molecule has 36 heavy (non-hydrogen) atoms. The van der Waals surface area contributed by atoms with Crippen LogP contribution in [0.1, 0.15) is 57.9 Å². The van der Waals surface area contributed by atoms with Crippen molar-refractivity contribution in [1.29, 1.82) is 0 Å². The maximum Gasteiger partial charge on any atom is 0.246 e. The normalized spacial score (nSPS) is 37.1. The molecule has 3 saturated carbocycles. The van der Waals surface area contributed by atoms with Gasteiger partial charge in [0.2, 0.25) is 11.8 Å². The molecule has 1 aliphatic heterocycles. The van der Waals surface area contributed by atoms with E-state index in [0.29, 0.717) is 24.3 Å². The minimum absolute atomic E-state index is 0.00266. The summed E-state index contributed by atoms with van der Waals surface area (Å²) in [5, 5.41) is 3.21. The van der Waals surface area contributed by atoms with Crippen LogP contribution in [0.15, 0.2) is 72.8 Å². The number of nitrogens with one attached hydrogen (secondary N) is 1. The zero-order chi connectivity index (χ0) is 24.9. The molecule has 1 heterocycles. The van der Waals surface area contributed by atoms with E-state index in [9.17, 15) is 9.59 Å². The second-order valence-corrected chi connectivity index (χ2v) is 12.2. The van der Waals surface area contributed by atoms with E-state index in [2.05, 4.69) is 54.4 Å². The number of carbonyl (C=O) groups is 2. The van der Waals surface area contributed by atoms with Crippen molar-refractivity contribution in [3.8, 4) is 0 Å². The van der Waals surface area contributed by atoms with Crippen LogP contribution in [0.3, 0.4) is 0 Å². The number of nitrogens with zero attached hydrogens (tertiary/aromatic N) is 1. The summed E-state index contributed by atoms with van der Waals surface area (Å²) < 4.78 is 0. The first kappa shape index (κ1) is 23.5. The maximum absolute atomic E-state index is 13.4. The molecule has 3 fully saturated rings. The van der Waals surface area contributed by atoms with Crippen LogP contribution in [0.4, 0.5) is 5.69 Å². The Labute approximate surface area is 215 Å². The highest BCUT2D eigenvalue weighted by atomic mass is 16.2. The number of amides is 2. The molecule has 1 N–H and O–H groups in total. The third-order valence-electron chi connectivity index (χ3n) is 10.5. The summed E-state index contributed by atoms with van der Waals surface area (Å²) in [5.74, 6) is 2.19.